The first-order valence-electron chi connectivity index (χ1n) is 8.17. The molecule has 0 atom stereocenters. The molecule has 1 saturated heterocycles. The smallest absolute Gasteiger partial charge is 0.129 e. The van der Waals surface area contributed by atoms with Gasteiger partial charge in [-0.3, -0.25) is 5.10 Å². The molecule has 0 radical (unpaired) electrons. The van der Waals surface area contributed by atoms with Gasteiger partial charge in [-0.05, 0) is 50.1 Å². The zero-order chi connectivity index (χ0) is 15.6. The second-order valence-electron chi connectivity index (χ2n) is 5.81. The molecule has 0 spiro atoms. The average molecular weight is 308 g/mol. The van der Waals surface area contributed by atoms with Crippen molar-refractivity contribution in [2.45, 2.75) is 19.8 Å². The van der Waals surface area contributed by atoms with E-state index in [4.69, 9.17) is 4.74 Å². The fourth-order valence-electron chi connectivity index (χ4n) is 3.15. The largest absolute Gasteiger partial charge is 0.494 e. The van der Waals surface area contributed by atoms with E-state index in [1.807, 2.05) is 37.4 Å². The van der Waals surface area contributed by atoms with Gasteiger partial charge in [-0.2, -0.15) is 5.10 Å². The van der Waals surface area contributed by atoms with Gasteiger partial charge in [0.15, 0.2) is 0 Å². The van der Waals surface area contributed by atoms with Crippen LogP contribution in [0.3, 0.4) is 0 Å². The summed E-state index contributed by atoms with van der Waals surface area (Å²) in [5.41, 5.74) is 3.05. The van der Waals surface area contributed by atoms with Crippen LogP contribution in [0.15, 0.2) is 36.5 Å². The molecule has 5 nitrogen and oxygen atoms in total. The number of H-pyrrole nitrogens is 1. The van der Waals surface area contributed by atoms with E-state index in [-0.39, 0.29) is 0 Å². The normalized spacial score (nSPS) is 14.6. The number of nitrogens with one attached hydrogen (secondary N) is 1. The van der Waals surface area contributed by atoms with Crippen LogP contribution in [0.4, 0.5) is 5.82 Å². The van der Waals surface area contributed by atoms with Crippen LogP contribution in [0, 0.1) is 0 Å². The Bertz CT molecular complexity index is 821. The Morgan fingerprint density at radius 3 is 2.87 bits per heavy atom. The maximum absolute atomic E-state index is 5.62. The molecule has 3 heterocycles. The van der Waals surface area contributed by atoms with E-state index in [2.05, 4.69) is 26.1 Å². The van der Waals surface area contributed by atoms with Crippen LogP contribution in [0.5, 0.6) is 5.75 Å². The first-order valence-corrected chi connectivity index (χ1v) is 8.17. The monoisotopic (exact) mass is 308 g/mol. The summed E-state index contributed by atoms with van der Waals surface area (Å²) in [5, 5.41) is 8.69. The number of nitrogens with zero attached hydrogens (tertiary/aromatic N) is 3. The van der Waals surface area contributed by atoms with Gasteiger partial charge in [-0.25, -0.2) is 4.98 Å². The van der Waals surface area contributed by atoms with Crippen molar-refractivity contribution in [1.82, 2.24) is 15.2 Å². The standard InChI is InChI=1S/C18H20N4O/c1-2-23-14-5-6-16-15(12-14)18(21-20-16)13-7-8-19-17(11-13)22-9-3-4-10-22/h5-8,11-12H,2-4,9-10H2,1H3,(H,20,21). The van der Waals surface area contributed by atoms with Gasteiger partial charge < -0.3 is 9.64 Å². The quantitative estimate of drug-likeness (QED) is 0.800. The summed E-state index contributed by atoms with van der Waals surface area (Å²) in [6.07, 6.45) is 4.36. The molecule has 2 aromatic heterocycles. The maximum Gasteiger partial charge on any atom is 0.129 e. The minimum Gasteiger partial charge on any atom is -0.494 e. The van der Waals surface area contributed by atoms with E-state index in [1.54, 1.807) is 0 Å². The van der Waals surface area contributed by atoms with Crippen LogP contribution in [-0.2, 0) is 0 Å². The number of fused-ring (bicyclic) bond motifs is 1. The number of aromatic nitrogens is 3. The third kappa shape index (κ3) is 2.63. The number of ether oxygens (including phenoxy) is 1. The lowest BCUT2D eigenvalue weighted by Gasteiger charge is -2.16. The number of hydrogen-bond acceptors (Lipinski definition) is 4. The lowest BCUT2D eigenvalue weighted by molar-refractivity contribution is 0.341. The van der Waals surface area contributed by atoms with Crippen LogP contribution < -0.4 is 9.64 Å². The molecule has 0 saturated carbocycles. The highest BCUT2D eigenvalue weighted by Gasteiger charge is 2.15. The van der Waals surface area contributed by atoms with E-state index in [0.29, 0.717) is 6.61 Å². The summed E-state index contributed by atoms with van der Waals surface area (Å²) in [6, 6.07) is 10.2. The number of anilines is 1. The van der Waals surface area contributed by atoms with Gasteiger partial charge in [0.2, 0.25) is 0 Å². The van der Waals surface area contributed by atoms with Gasteiger partial charge in [0.1, 0.15) is 17.3 Å². The molecule has 23 heavy (non-hydrogen) atoms. The molecule has 0 amide bonds. The Hall–Kier alpha value is -2.56. The Morgan fingerprint density at radius 1 is 1.17 bits per heavy atom. The number of benzene rings is 1. The van der Waals surface area contributed by atoms with Gasteiger partial charge in [0.05, 0.1) is 12.1 Å². The lowest BCUT2D eigenvalue weighted by Crippen LogP contribution is -2.18. The number of rotatable bonds is 4. The molecule has 4 rings (SSSR count). The fourth-order valence-corrected chi connectivity index (χ4v) is 3.15. The predicted octanol–water partition coefficient (Wildman–Crippen LogP) is 3.62. The minimum atomic E-state index is 0.660. The molecule has 0 bridgehead atoms. The van der Waals surface area contributed by atoms with Crippen molar-refractivity contribution in [2.24, 2.45) is 0 Å². The molecular formula is C18H20N4O. The zero-order valence-corrected chi connectivity index (χ0v) is 13.2. The molecule has 1 fully saturated rings. The topological polar surface area (TPSA) is 54.0 Å². The molecule has 1 aromatic carbocycles. The summed E-state index contributed by atoms with van der Waals surface area (Å²) < 4.78 is 5.62. The van der Waals surface area contributed by atoms with Crippen molar-refractivity contribution in [2.75, 3.05) is 24.6 Å². The highest BCUT2D eigenvalue weighted by molar-refractivity contribution is 5.94. The van der Waals surface area contributed by atoms with Crippen molar-refractivity contribution in [3.05, 3.63) is 36.5 Å². The van der Waals surface area contributed by atoms with E-state index in [1.165, 1.54) is 12.8 Å². The molecule has 0 aliphatic carbocycles. The van der Waals surface area contributed by atoms with Crippen molar-refractivity contribution >= 4 is 16.7 Å². The number of hydrogen-bond donors (Lipinski definition) is 1. The Morgan fingerprint density at radius 2 is 2.04 bits per heavy atom. The van der Waals surface area contributed by atoms with Crippen molar-refractivity contribution in [3.8, 4) is 17.0 Å². The maximum atomic E-state index is 5.62. The SMILES string of the molecule is CCOc1ccc2[nH]nc(-c3ccnc(N4CCCC4)c3)c2c1. The summed E-state index contributed by atoms with van der Waals surface area (Å²) in [5.74, 6) is 1.91. The predicted molar refractivity (Wildman–Crippen MR) is 91.9 cm³/mol. The van der Waals surface area contributed by atoms with Gasteiger partial charge in [-0.15, -0.1) is 0 Å². The van der Waals surface area contributed by atoms with Crippen LogP contribution in [-0.4, -0.2) is 34.9 Å². The summed E-state index contributed by atoms with van der Waals surface area (Å²) in [6.45, 7) is 4.83. The molecule has 1 aliphatic rings. The van der Waals surface area contributed by atoms with Crippen LogP contribution >= 0.6 is 0 Å². The van der Waals surface area contributed by atoms with E-state index >= 15 is 0 Å². The van der Waals surface area contributed by atoms with Crippen LogP contribution in [0.2, 0.25) is 0 Å². The molecule has 1 aliphatic heterocycles. The Kier molecular flexibility index (Phi) is 3.61. The van der Waals surface area contributed by atoms with Gasteiger partial charge in [0.25, 0.3) is 0 Å². The molecule has 5 heteroatoms. The minimum absolute atomic E-state index is 0.660. The first kappa shape index (κ1) is 14.1. The highest BCUT2D eigenvalue weighted by Crippen LogP contribution is 2.31. The molecule has 118 valence electrons. The Balaban J connectivity index is 1.76. The van der Waals surface area contributed by atoms with Crippen molar-refractivity contribution in [1.29, 1.82) is 0 Å². The molecule has 0 unspecified atom stereocenters. The third-order valence-electron chi connectivity index (χ3n) is 4.29. The summed E-state index contributed by atoms with van der Waals surface area (Å²) in [4.78, 5) is 6.86. The summed E-state index contributed by atoms with van der Waals surface area (Å²) in [7, 11) is 0. The average Bonchev–Trinajstić information content (AvgIpc) is 3.25. The zero-order valence-electron chi connectivity index (χ0n) is 13.2. The second-order valence-corrected chi connectivity index (χ2v) is 5.81. The third-order valence-corrected chi connectivity index (χ3v) is 4.29. The molecule has 3 aromatic rings. The van der Waals surface area contributed by atoms with E-state index < -0.39 is 0 Å². The van der Waals surface area contributed by atoms with Crippen molar-refractivity contribution < 1.29 is 4.74 Å². The highest BCUT2D eigenvalue weighted by atomic mass is 16.5. The first-order chi connectivity index (χ1) is 11.3. The number of aromatic amines is 1. The van der Waals surface area contributed by atoms with E-state index in [0.717, 1.165) is 46.8 Å². The lowest BCUT2D eigenvalue weighted by atomic mass is 10.1. The van der Waals surface area contributed by atoms with Crippen LogP contribution in [0.25, 0.3) is 22.2 Å². The number of pyridine rings is 1. The van der Waals surface area contributed by atoms with Crippen LogP contribution in [0.1, 0.15) is 19.8 Å². The van der Waals surface area contributed by atoms with Gasteiger partial charge in [0, 0.05) is 30.2 Å². The molecule has 1 N–H and O–H groups in total. The van der Waals surface area contributed by atoms with Gasteiger partial charge >= 0.3 is 0 Å². The Labute approximate surface area is 135 Å². The fraction of sp³-hybridized carbons (Fsp3) is 0.333. The molecular weight excluding hydrogens is 288 g/mol. The van der Waals surface area contributed by atoms with Crippen molar-refractivity contribution in [3.63, 3.8) is 0 Å². The summed E-state index contributed by atoms with van der Waals surface area (Å²) >= 11 is 0. The van der Waals surface area contributed by atoms with E-state index in [9.17, 15) is 0 Å². The second kappa shape index (κ2) is 5.91. The van der Waals surface area contributed by atoms with Gasteiger partial charge in [-0.1, -0.05) is 0 Å².